The molecule has 0 saturated carbocycles. The number of amides is 1. The van der Waals surface area contributed by atoms with Crippen molar-refractivity contribution in [2.45, 2.75) is 39.2 Å². The molecular formula is C11H24N2O3S. The molecular weight excluding hydrogens is 240 g/mol. The van der Waals surface area contributed by atoms with E-state index < -0.39 is 9.84 Å². The highest BCUT2D eigenvalue weighted by atomic mass is 32.2. The molecule has 0 aromatic carbocycles. The van der Waals surface area contributed by atoms with Crippen molar-refractivity contribution in [2.75, 3.05) is 25.1 Å². The molecule has 0 aliphatic rings. The standard InChI is InChI=1S/C11H24N2O3S/c1-4-6-10(2)13-11(14)9-12-7-5-8-17(3,15)16/h10,12H,4-9H2,1-3H3,(H,13,14). The zero-order valence-corrected chi connectivity index (χ0v) is 11.8. The first-order chi connectivity index (χ1) is 7.85. The van der Waals surface area contributed by atoms with E-state index in [1.165, 1.54) is 6.26 Å². The summed E-state index contributed by atoms with van der Waals surface area (Å²) in [6.07, 6.45) is 3.77. The maximum absolute atomic E-state index is 11.4. The zero-order chi connectivity index (χ0) is 13.3. The Bertz CT molecular complexity index is 315. The van der Waals surface area contributed by atoms with Gasteiger partial charge in [0.2, 0.25) is 5.91 Å². The lowest BCUT2D eigenvalue weighted by molar-refractivity contribution is -0.120. The zero-order valence-electron chi connectivity index (χ0n) is 11.0. The Balaban J connectivity index is 3.52. The van der Waals surface area contributed by atoms with Gasteiger partial charge in [0, 0.05) is 12.3 Å². The number of carbonyl (C=O) groups excluding carboxylic acids is 1. The summed E-state index contributed by atoms with van der Waals surface area (Å²) in [5.74, 6) is 0.124. The molecule has 0 radical (unpaired) electrons. The van der Waals surface area contributed by atoms with Crippen LogP contribution in [0.15, 0.2) is 0 Å². The fourth-order valence-electron chi connectivity index (χ4n) is 1.49. The average molecular weight is 264 g/mol. The van der Waals surface area contributed by atoms with Crippen molar-refractivity contribution in [1.29, 1.82) is 0 Å². The predicted octanol–water partition coefficient (Wildman–Crippen LogP) is 0.316. The second-order valence-electron chi connectivity index (χ2n) is 4.42. The molecule has 5 nitrogen and oxygen atoms in total. The topological polar surface area (TPSA) is 75.3 Å². The smallest absolute Gasteiger partial charge is 0.234 e. The summed E-state index contributed by atoms with van der Waals surface area (Å²) < 4.78 is 21.7. The molecule has 17 heavy (non-hydrogen) atoms. The number of carbonyl (C=O) groups is 1. The predicted molar refractivity (Wildman–Crippen MR) is 69.7 cm³/mol. The van der Waals surface area contributed by atoms with E-state index in [1.54, 1.807) is 0 Å². The Kier molecular flexibility index (Phi) is 8.16. The van der Waals surface area contributed by atoms with Crippen LogP contribution in [-0.2, 0) is 14.6 Å². The van der Waals surface area contributed by atoms with Crippen LogP contribution in [-0.4, -0.2) is 45.5 Å². The molecule has 0 spiro atoms. The number of hydrogen-bond acceptors (Lipinski definition) is 4. The number of hydrogen-bond donors (Lipinski definition) is 2. The summed E-state index contributed by atoms with van der Waals surface area (Å²) in [5, 5.41) is 5.80. The van der Waals surface area contributed by atoms with Crippen LogP contribution in [0.1, 0.15) is 33.1 Å². The Hall–Kier alpha value is -0.620. The van der Waals surface area contributed by atoms with Crippen LogP contribution >= 0.6 is 0 Å². The molecule has 1 unspecified atom stereocenters. The summed E-state index contributed by atoms with van der Waals surface area (Å²) in [7, 11) is -2.89. The van der Waals surface area contributed by atoms with Crippen molar-refractivity contribution in [1.82, 2.24) is 10.6 Å². The van der Waals surface area contributed by atoms with Crippen molar-refractivity contribution in [3.8, 4) is 0 Å². The van der Waals surface area contributed by atoms with E-state index in [-0.39, 0.29) is 24.2 Å². The van der Waals surface area contributed by atoms with Gasteiger partial charge in [-0.2, -0.15) is 0 Å². The molecule has 1 amide bonds. The highest BCUT2D eigenvalue weighted by Crippen LogP contribution is 1.93. The van der Waals surface area contributed by atoms with E-state index in [0.29, 0.717) is 13.0 Å². The molecule has 2 N–H and O–H groups in total. The molecule has 0 rings (SSSR count). The first kappa shape index (κ1) is 16.4. The van der Waals surface area contributed by atoms with Crippen LogP contribution < -0.4 is 10.6 Å². The molecule has 0 fully saturated rings. The SMILES string of the molecule is CCCC(C)NC(=O)CNCCCS(C)(=O)=O. The van der Waals surface area contributed by atoms with E-state index in [4.69, 9.17) is 0 Å². The third-order valence-corrected chi connectivity index (χ3v) is 3.31. The minimum absolute atomic E-state index is 0.0368. The van der Waals surface area contributed by atoms with Crippen LogP contribution in [0.3, 0.4) is 0 Å². The van der Waals surface area contributed by atoms with Gasteiger partial charge in [0.05, 0.1) is 12.3 Å². The van der Waals surface area contributed by atoms with Crippen LogP contribution in [0.2, 0.25) is 0 Å². The van der Waals surface area contributed by atoms with Crippen molar-refractivity contribution >= 4 is 15.7 Å². The second kappa shape index (κ2) is 8.47. The molecule has 6 heteroatoms. The summed E-state index contributed by atoms with van der Waals surface area (Å²) >= 11 is 0. The summed E-state index contributed by atoms with van der Waals surface area (Å²) in [4.78, 5) is 11.4. The van der Waals surface area contributed by atoms with Gasteiger partial charge in [0.15, 0.2) is 0 Å². The van der Waals surface area contributed by atoms with Gasteiger partial charge in [-0.25, -0.2) is 8.42 Å². The van der Waals surface area contributed by atoms with E-state index in [9.17, 15) is 13.2 Å². The quantitative estimate of drug-likeness (QED) is 0.588. The fourth-order valence-corrected chi connectivity index (χ4v) is 2.16. The summed E-state index contributed by atoms with van der Waals surface area (Å²) in [6.45, 7) is 4.84. The lowest BCUT2D eigenvalue weighted by Gasteiger charge is -2.12. The maximum atomic E-state index is 11.4. The van der Waals surface area contributed by atoms with Crippen molar-refractivity contribution < 1.29 is 13.2 Å². The van der Waals surface area contributed by atoms with Crippen molar-refractivity contribution in [3.05, 3.63) is 0 Å². The molecule has 0 aliphatic heterocycles. The third-order valence-electron chi connectivity index (χ3n) is 2.28. The van der Waals surface area contributed by atoms with E-state index in [2.05, 4.69) is 17.6 Å². The highest BCUT2D eigenvalue weighted by Gasteiger charge is 2.06. The Morgan fingerprint density at radius 1 is 1.35 bits per heavy atom. The summed E-state index contributed by atoms with van der Waals surface area (Å²) in [5.41, 5.74) is 0. The van der Waals surface area contributed by atoms with Gasteiger partial charge in [-0.15, -0.1) is 0 Å². The van der Waals surface area contributed by atoms with Crippen LogP contribution in [0, 0.1) is 0 Å². The largest absolute Gasteiger partial charge is 0.353 e. The highest BCUT2D eigenvalue weighted by molar-refractivity contribution is 7.90. The molecule has 102 valence electrons. The van der Waals surface area contributed by atoms with Crippen LogP contribution in [0.25, 0.3) is 0 Å². The van der Waals surface area contributed by atoms with E-state index in [0.717, 1.165) is 12.8 Å². The van der Waals surface area contributed by atoms with Gasteiger partial charge in [-0.1, -0.05) is 13.3 Å². The van der Waals surface area contributed by atoms with Gasteiger partial charge >= 0.3 is 0 Å². The second-order valence-corrected chi connectivity index (χ2v) is 6.68. The third kappa shape index (κ3) is 11.6. The monoisotopic (exact) mass is 264 g/mol. The van der Waals surface area contributed by atoms with Gasteiger partial charge in [-0.3, -0.25) is 4.79 Å². The Labute approximate surface area is 104 Å². The molecule has 0 heterocycles. The molecule has 0 aromatic heterocycles. The van der Waals surface area contributed by atoms with Crippen molar-refractivity contribution in [3.63, 3.8) is 0 Å². The van der Waals surface area contributed by atoms with Gasteiger partial charge in [0.25, 0.3) is 0 Å². The summed E-state index contributed by atoms with van der Waals surface area (Å²) in [6, 6.07) is 0.199. The van der Waals surface area contributed by atoms with Gasteiger partial charge < -0.3 is 10.6 Å². The number of nitrogens with one attached hydrogen (secondary N) is 2. The van der Waals surface area contributed by atoms with Gasteiger partial charge in [-0.05, 0) is 26.3 Å². The number of rotatable bonds is 9. The molecule has 0 aliphatic carbocycles. The van der Waals surface area contributed by atoms with Crippen LogP contribution in [0.4, 0.5) is 0 Å². The molecule has 0 aromatic rings. The van der Waals surface area contributed by atoms with Crippen molar-refractivity contribution in [2.24, 2.45) is 0 Å². The van der Waals surface area contributed by atoms with Crippen LogP contribution in [0.5, 0.6) is 0 Å². The molecule has 1 atom stereocenters. The van der Waals surface area contributed by atoms with Gasteiger partial charge in [0.1, 0.15) is 9.84 Å². The minimum atomic E-state index is -2.89. The lowest BCUT2D eigenvalue weighted by atomic mass is 10.2. The average Bonchev–Trinajstić information content (AvgIpc) is 2.15. The Morgan fingerprint density at radius 3 is 2.53 bits per heavy atom. The van der Waals surface area contributed by atoms with E-state index >= 15 is 0 Å². The first-order valence-electron chi connectivity index (χ1n) is 6.03. The first-order valence-corrected chi connectivity index (χ1v) is 8.09. The van der Waals surface area contributed by atoms with E-state index in [1.807, 2.05) is 6.92 Å². The molecule has 0 bridgehead atoms. The molecule has 0 saturated heterocycles. The normalized spacial score (nSPS) is 13.4. The maximum Gasteiger partial charge on any atom is 0.234 e. The fraction of sp³-hybridized carbons (Fsp3) is 0.909. The minimum Gasteiger partial charge on any atom is -0.353 e. The number of sulfone groups is 1. The lowest BCUT2D eigenvalue weighted by Crippen LogP contribution is -2.39. The Morgan fingerprint density at radius 2 is 2.00 bits per heavy atom.